The van der Waals surface area contributed by atoms with E-state index in [0.717, 1.165) is 31.7 Å². The van der Waals surface area contributed by atoms with Gasteiger partial charge in [0.1, 0.15) is 12.3 Å². The molecule has 2 aromatic heterocycles. The summed E-state index contributed by atoms with van der Waals surface area (Å²) in [4.78, 5) is 33.6. The standard InChI is InChI=1S/C22H24N4O3.ClH/c1-16-20(23-19-5-3-4-10-26(19)21(16)27)29-15-17-6-8-18(9-7-17)22(28)25-13-11-24(2)12-14-25;/h3-10H,11-15H2,1-2H3;1H. The van der Waals surface area contributed by atoms with Gasteiger partial charge >= 0.3 is 0 Å². The van der Waals surface area contributed by atoms with Crippen molar-refractivity contribution < 1.29 is 9.53 Å². The van der Waals surface area contributed by atoms with Crippen molar-refractivity contribution in [3.8, 4) is 5.88 Å². The van der Waals surface area contributed by atoms with Crippen LogP contribution in [0.15, 0.2) is 53.5 Å². The Hall–Kier alpha value is -2.90. The van der Waals surface area contributed by atoms with Crippen molar-refractivity contribution in [1.82, 2.24) is 19.2 Å². The normalized spacial score (nSPS) is 14.4. The second-order valence-electron chi connectivity index (χ2n) is 7.36. The number of fused-ring (bicyclic) bond motifs is 1. The predicted molar refractivity (Wildman–Crippen MR) is 118 cm³/mol. The lowest BCUT2D eigenvalue weighted by Gasteiger charge is -2.32. The van der Waals surface area contributed by atoms with Gasteiger partial charge in [0.05, 0.1) is 5.56 Å². The molecule has 1 aliphatic heterocycles. The van der Waals surface area contributed by atoms with Crippen LogP contribution in [0.1, 0.15) is 21.5 Å². The lowest BCUT2D eigenvalue weighted by Crippen LogP contribution is -2.47. The van der Waals surface area contributed by atoms with Gasteiger partial charge in [-0.2, -0.15) is 4.98 Å². The number of ether oxygens (including phenoxy) is 1. The largest absolute Gasteiger partial charge is 0.472 e. The molecule has 30 heavy (non-hydrogen) atoms. The van der Waals surface area contributed by atoms with Crippen molar-refractivity contribution in [3.63, 3.8) is 0 Å². The number of halogens is 1. The minimum Gasteiger partial charge on any atom is -0.472 e. The fourth-order valence-electron chi connectivity index (χ4n) is 3.38. The van der Waals surface area contributed by atoms with Gasteiger partial charge in [-0.25, -0.2) is 0 Å². The van der Waals surface area contributed by atoms with Crippen LogP contribution in [-0.2, 0) is 6.61 Å². The van der Waals surface area contributed by atoms with Gasteiger partial charge in [-0.3, -0.25) is 14.0 Å². The minimum absolute atomic E-state index is 0. The van der Waals surface area contributed by atoms with Crippen LogP contribution in [0, 0.1) is 6.92 Å². The van der Waals surface area contributed by atoms with Crippen molar-refractivity contribution in [1.29, 1.82) is 0 Å². The van der Waals surface area contributed by atoms with E-state index < -0.39 is 0 Å². The molecule has 0 unspecified atom stereocenters. The summed E-state index contributed by atoms with van der Waals surface area (Å²) in [7, 11) is 2.07. The number of carbonyl (C=O) groups excluding carboxylic acids is 1. The van der Waals surface area contributed by atoms with E-state index in [1.54, 1.807) is 25.3 Å². The molecule has 1 amide bonds. The summed E-state index contributed by atoms with van der Waals surface area (Å²) in [6.45, 7) is 5.29. The maximum Gasteiger partial charge on any atom is 0.264 e. The number of hydrogen-bond donors (Lipinski definition) is 0. The Morgan fingerprint density at radius 2 is 1.77 bits per heavy atom. The molecule has 0 aliphatic carbocycles. The second-order valence-corrected chi connectivity index (χ2v) is 7.36. The summed E-state index contributed by atoms with van der Waals surface area (Å²) in [5.41, 5.74) is 2.46. The maximum absolute atomic E-state index is 12.6. The van der Waals surface area contributed by atoms with Gasteiger partial charge in [0.25, 0.3) is 11.5 Å². The van der Waals surface area contributed by atoms with Crippen LogP contribution >= 0.6 is 12.4 Å². The fourth-order valence-corrected chi connectivity index (χ4v) is 3.38. The molecule has 1 saturated heterocycles. The van der Waals surface area contributed by atoms with Crippen LogP contribution in [0.2, 0.25) is 0 Å². The molecule has 0 radical (unpaired) electrons. The highest BCUT2D eigenvalue weighted by Gasteiger charge is 2.20. The van der Waals surface area contributed by atoms with E-state index in [-0.39, 0.29) is 30.5 Å². The molecule has 158 valence electrons. The number of nitrogens with zero attached hydrogens (tertiary/aromatic N) is 4. The SMILES string of the molecule is Cc1c(OCc2ccc(C(=O)N3CCN(C)CC3)cc2)nc2ccccn2c1=O.Cl. The molecule has 0 bridgehead atoms. The second kappa shape index (κ2) is 9.28. The van der Waals surface area contributed by atoms with Gasteiger partial charge in [-0.05, 0) is 43.8 Å². The summed E-state index contributed by atoms with van der Waals surface area (Å²) < 4.78 is 7.32. The topological polar surface area (TPSA) is 67.2 Å². The summed E-state index contributed by atoms with van der Waals surface area (Å²) >= 11 is 0. The Bertz CT molecular complexity index is 1090. The molecule has 0 spiro atoms. The van der Waals surface area contributed by atoms with E-state index in [9.17, 15) is 9.59 Å². The lowest BCUT2D eigenvalue weighted by molar-refractivity contribution is 0.0664. The molecule has 0 saturated carbocycles. The van der Waals surface area contributed by atoms with E-state index in [4.69, 9.17) is 4.74 Å². The number of pyridine rings is 1. The van der Waals surface area contributed by atoms with E-state index in [0.29, 0.717) is 22.7 Å². The van der Waals surface area contributed by atoms with Crippen LogP contribution in [0.4, 0.5) is 0 Å². The summed E-state index contributed by atoms with van der Waals surface area (Å²) in [5, 5.41) is 0. The van der Waals surface area contributed by atoms with Crippen LogP contribution in [-0.4, -0.2) is 58.3 Å². The Kier molecular flexibility index (Phi) is 6.74. The van der Waals surface area contributed by atoms with Gasteiger partial charge in [0.15, 0.2) is 0 Å². The third-order valence-electron chi connectivity index (χ3n) is 5.28. The zero-order valence-corrected chi connectivity index (χ0v) is 17.9. The van der Waals surface area contributed by atoms with E-state index in [1.165, 1.54) is 4.40 Å². The highest BCUT2D eigenvalue weighted by Crippen LogP contribution is 2.15. The van der Waals surface area contributed by atoms with Crippen LogP contribution in [0.25, 0.3) is 5.65 Å². The average Bonchev–Trinajstić information content (AvgIpc) is 2.76. The smallest absolute Gasteiger partial charge is 0.264 e. The first-order valence-electron chi connectivity index (χ1n) is 9.70. The summed E-state index contributed by atoms with van der Waals surface area (Å²) in [5.74, 6) is 0.393. The molecule has 1 fully saturated rings. The molecule has 3 heterocycles. The van der Waals surface area contributed by atoms with Crippen LogP contribution in [0.3, 0.4) is 0 Å². The quantitative estimate of drug-likeness (QED) is 0.638. The Balaban J connectivity index is 0.00000256. The molecule has 0 N–H and O–H groups in total. The molecule has 8 heteroatoms. The highest BCUT2D eigenvalue weighted by molar-refractivity contribution is 5.94. The number of amides is 1. The van der Waals surface area contributed by atoms with Gasteiger partial charge < -0.3 is 14.5 Å². The summed E-state index contributed by atoms with van der Waals surface area (Å²) in [6.07, 6.45) is 1.69. The first kappa shape index (κ1) is 21.8. The van der Waals surface area contributed by atoms with Crippen molar-refractivity contribution in [3.05, 3.63) is 75.7 Å². The monoisotopic (exact) mass is 428 g/mol. The number of aromatic nitrogens is 2. The van der Waals surface area contributed by atoms with E-state index >= 15 is 0 Å². The molecule has 3 aromatic rings. The number of carbonyl (C=O) groups is 1. The number of piperazine rings is 1. The van der Waals surface area contributed by atoms with Crippen LogP contribution in [0.5, 0.6) is 5.88 Å². The van der Waals surface area contributed by atoms with E-state index in [1.807, 2.05) is 35.2 Å². The fraction of sp³-hybridized carbons (Fsp3) is 0.318. The van der Waals surface area contributed by atoms with Gasteiger partial charge in [-0.15, -0.1) is 12.4 Å². The Labute approximate surface area is 181 Å². The molecular formula is C22H25ClN4O3. The summed E-state index contributed by atoms with van der Waals surface area (Å²) in [6, 6.07) is 12.8. The van der Waals surface area contributed by atoms with Crippen molar-refractivity contribution in [2.75, 3.05) is 33.2 Å². The zero-order chi connectivity index (χ0) is 20.4. The lowest BCUT2D eigenvalue weighted by atomic mass is 10.1. The third-order valence-corrected chi connectivity index (χ3v) is 5.28. The molecular weight excluding hydrogens is 404 g/mol. The zero-order valence-electron chi connectivity index (χ0n) is 17.1. The van der Waals surface area contributed by atoms with Crippen molar-refractivity contribution in [2.24, 2.45) is 0 Å². The van der Waals surface area contributed by atoms with Crippen molar-refractivity contribution >= 4 is 24.0 Å². The molecule has 0 atom stereocenters. The number of hydrogen-bond acceptors (Lipinski definition) is 5. The molecule has 1 aliphatic rings. The van der Waals surface area contributed by atoms with E-state index in [2.05, 4.69) is 16.9 Å². The minimum atomic E-state index is -0.140. The third kappa shape index (κ3) is 4.47. The predicted octanol–water partition coefficient (Wildman–Crippen LogP) is 2.39. The molecule has 4 rings (SSSR count). The number of benzene rings is 1. The van der Waals surface area contributed by atoms with Gasteiger partial charge in [0.2, 0.25) is 5.88 Å². The Morgan fingerprint density at radius 1 is 1.07 bits per heavy atom. The maximum atomic E-state index is 12.6. The number of likely N-dealkylation sites (N-methyl/N-ethyl adjacent to an activating group) is 1. The average molecular weight is 429 g/mol. The van der Waals surface area contributed by atoms with Gasteiger partial charge in [0, 0.05) is 37.9 Å². The Morgan fingerprint density at radius 3 is 2.47 bits per heavy atom. The first-order valence-corrected chi connectivity index (χ1v) is 9.70. The van der Waals surface area contributed by atoms with Crippen LogP contribution < -0.4 is 10.3 Å². The molecule has 1 aromatic carbocycles. The first-order chi connectivity index (χ1) is 14.0. The molecule has 7 nitrogen and oxygen atoms in total. The van der Waals surface area contributed by atoms with Crippen molar-refractivity contribution in [2.45, 2.75) is 13.5 Å². The number of rotatable bonds is 4. The van der Waals surface area contributed by atoms with Gasteiger partial charge in [-0.1, -0.05) is 18.2 Å². The highest BCUT2D eigenvalue weighted by atomic mass is 35.5.